The van der Waals surface area contributed by atoms with Gasteiger partial charge in [-0.15, -0.1) is 0 Å². The molecule has 0 aromatic heterocycles. The second-order valence-corrected chi connectivity index (χ2v) is 11.9. The third-order valence-electron chi connectivity index (χ3n) is 5.55. The molecule has 9 heteroatoms. The molecule has 0 bridgehead atoms. The van der Waals surface area contributed by atoms with Crippen LogP contribution in [0.3, 0.4) is 0 Å². The van der Waals surface area contributed by atoms with Gasteiger partial charge in [0.05, 0.1) is 9.79 Å². The van der Waals surface area contributed by atoms with Crippen LogP contribution in [0.15, 0.2) is 70.5 Å². The van der Waals surface area contributed by atoms with Gasteiger partial charge in [-0.3, -0.25) is 4.72 Å². The zero-order chi connectivity index (χ0) is 23.1. The number of hydrogen-bond donors (Lipinski definition) is 1. The fraction of sp³-hybridized carbons (Fsp3) is 0.217. The lowest BCUT2D eigenvalue weighted by atomic mass is 10.0. The molecule has 1 aliphatic heterocycles. The minimum Gasteiger partial charge on any atom is -0.280 e. The molecule has 0 radical (unpaired) electrons. The number of benzene rings is 3. The van der Waals surface area contributed by atoms with Crippen molar-refractivity contribution < 1.29 is 16.8 Å². The van der Waals surface area contributed by atoms with Crippen LogP contribution in [0.1, 0.15) is 22.3 Å². The fourth-order valence-corrected chi connectivity index (χ4v) is 6.35. The van der Waals surface area contributed by atoms with Crippen molar-refractivity contribution in [2.75, 3.05) is 11.3 Å². The summed E-state index contributed by atoms with van der Waals surface area (Å²) in [4.78, 5) is 0.314. The number of halogens is 1. The summed E-state index contributed by atoms with van der Waals surface area (Å²) >= 11 is 6.08. The second kappa shape index (κ2) is 8.51. The third-order valence-corrected chi connectivity index (χ3v) is 9.19. The fourth-order valence-electron chi connectivity index (χ4n) is 3.61. The number of nitrogens with one attached hydrogen (secondary N) is 1. The summed E-state index contributed by atoms with van der Waals surface area (Å²) in [7, 11) is -7.48. The quantitative estimate of drug-likeness (QED) is 0.570. The molecule has 0 aliphatic carbocycles. The van der Waals surface area contributed by atoms with Gasteiger partial charge in [-0.25, -0.2) is 16.8 Å². The highest BCUT2D eigenvalue weighted by atomic mass is 35.5. The van der Waals surface area contributed by atoms with Crippen molar-refractivity contribution in [2.24, 2.45) is 0 Å². The van der Waals surface area contributed by atoms with E-state index in [9.17, 15) is 16.8 Å². The molecule has 0 spiro atoms. The van der Waals surface area contributed by atoms with Crippen LogP contribution in [0.4, 0.5) is 5.69 Å². The molecule has 0 fully saturated rings. The van der Waals surface area contributed by atoms with Crippen molar-refractivity contribution in [1.29, 1.82) is 0 Å². The largest absolute Gasteiger partial charge is 0.280 e. The highest BCUT2D eigenvalue weighted by Crippen LogP contribution is 2.28. The Morgan fingerprint density at radius 1 is 0.844 bits per heavy atom. The number of hydrogen-bond acceptors (Lipinski definition) is 4. The Kier molecular flexibility index (Phi) is 6.06. The first-order valence-electron chi connectivity index (χ1n) is 10.0. The van der Waals surface area contributed by atoms with Gasteiger partial charge in [-0.1, -0.05) is 41.4 Å². The molecule has 1 aliphatic rings. The Hall–Kier alpha value is -2.39. The number of nitrogens with zero attached hydrogens (tertiary/aromatic N) is 1. The van der Waals surface area contributed by atoms with Gasteiger partial charge in [-0.05, 0) is 73.4 Å². The van der Waals surface area contributed by atoms with Crippen molar-refractivity contribution in [3.8, 4) is 0 Å². The zero-order valence-corrected chi connectivity index (χ0v) is 20.1. The Bertz CT molecular complexity index is 1390. The average Bonchev–Trinajstić information content (AvgIpc) is 2.75. The van der Waals surface area contributed by atoms with Crippen molar-refractivity contribution in [2.45, 2.75) is 36.6 Å². The standard InChI is InChI=1S/C23H23ClN2O4S2/c1-16-3-8-21(9-4-16)32(29,30)26-12-11-18-6-7-20(13-19(18)15-26)25-31(27,28)22-10-5-17(2)23(24)14-22/h3-10,13-14,25H,11-12,15H2,1-2H3. The first-order valence-corrected chi connectivity index (χ1v) is 13.3. The number of anilines is 1. The van der Waals surface area contributed by atoms with Crippen LogP contribution in [0.25, 0.3) is 0 Å². The van der Waals surface area contributed by atoms with Gasteiger partial charge in [0.1, 0.15) is 0 Å². The molecule has 32 heavy (non-hydrogen) atoms. The van der Waals surface area contributed by atoms with Crippen LogP contribution in [0.2, 0.25) is 5.02 Å². The van der Waals surface area contributed by atoms with E-state index in [-0.39, 0.29) is 16.3 Å². The molecule has 3 aromatic rings. The van der Waals surface area contributed by atoms with Crippen molar-refractivity contribution >= 4 is 37.3 Å². The maximum atomic E-state index is 13.1. The molecule has 6 nitrogen and oxygen atoms in total. The summed E-state index contributed by atoms with van der Waals surface area (Å²) in [6, 6.07) is 16.5. The Balaban J connectivity index is 1.59. The van der Waals surface area contributed by atoms with Gasteiger partial charge in [-0.2, -0.15) is 4.31 Å². The van der Waals surface area contributed by atoms with Crippen LogP contribution < -0.4 is 4.72 Å². The van der Waals surface area contributed by atoms with E-state index in [1.807, 2.05) is 13.0 Å². The van der Waals surface area contributed by atoms with Gasteiger partial charge in [0.15, 0.2) is 0 Å². The van der Waals surface area contributed by atoms with Gasteiger partial charge >= 0.3 is 0 Å². The molecule has 0 saturated carbocycles. The summed E-state index contributed by atoms with van der Waals surface area (Å²) in [6.07, 6.45) is 0.557. The van der Waals surface area contributed by atoms with Crippen LogP contribution in [0.5, 0.6) is 0 Å². The predicted molar refractivity (Wildman–Crippen MR) is 126 cm³/mol. The summed E-state index contributed by atoms with van der Waals surface area (Å²) in [6.45, 7) is 4.25. The van der Waals surface area contributed by atoms with E-state index in [4.69, 9.17) is 11.6 Å². The van der Waals surface area contributed by atoms with Crippen LogP contribution in [0, 0.1) is 13.8 Å². The monoisotopic (exact) mass is 490 g/mol. The Morgan fingerprint density at radius 3 is 2.22 bits per heavy atom. The topological polar surface area (TPSA) is 83.6 Å². The van der Waals surface area contributed by atoms with E-state index in [0.717, 1.165) is 22.3 Å². The van der Waals surface area contributed by atoms with Crippen molar-refractivity contribution in [3.05, 3.63) is 87.9 Å². The van der Waals surface area contributed by atoms with Crippen molar-refractivity contribution in [3.63, 3.8) is 0 Å². The number of rotatable bonds is 5. The van der Waals surface area contributed by atoms with E-state index in [1.54, 1.807) is 49.4 Å². The van der Waals surface area contributed by atoms with E-state index < -0.39 is 20.0 Å². The molecule has 3 aromatic carbocycles. The van der Waals surface area contributed by atoms with Gasteiger partial charge in [0.25, 0.3) is 10.0 Å². The summed E-state index contributed by atoms with van der Waals surface area (Å²) in [5.74, 6) is 0. The molecule has 1 heterocycles. The van der Waals surface area contributed by atoms with E-state index in [2.05, 4.69) is 4.72 Å². The van der Waals surface area contributed by atoms with E-state index in [0.29, 0.717) is 23.7 Å². The second-order valence-electron chi connectivity index (χ2n) is 7.90. The lowest BCUT2D eigenvalue weighted by molar-refractivity contribution is 0.391. The third kappa shape index (κ3) is 4.54. The van der Waals surface area contributed by atoms with Crippen LogP contribution >= 0.6 is 11.6 Å². The molecule has 4 rings (SSSR count). The Labute approximate surface area is 193 Å². The lowest BCUT2D eigenvalue weighted by Crippen LogP contribution is -2.36. The molecule has 0 amide bonds. The molecular weight excluding hydrogens is 468 g/mol. The normalized spacial score (nSPS) is 14.7. The molecule has 168 valence electrons. The molecule has 0 atom stereocenters. The van der Waals surface area contributed by atoms with Gasteiger partial charge < -0.3 is 0 Å². The highest BCUT2D eigenvalue weighted by Gasteiger charge is 2.28. The predicted octanol–water partition coefficient (Wildman–Crippen LogP) is 4.50. The Morgan fingerprint density at radius 2 is 1.53 bits per heavy atom. The van der Waals surface area contributed by atoms with Gasteiger partial charge in [0, 0.05) is 23.8 Å². The number of fused-ring (bicyclic) bond motifs is 1. The van der Waals surface area contributed by atoms with Gasteiger partial charge in [0.2, 0.25) is 10.0 Å². The lowest BCUT2D eigenvalue weighted by Gasteiger charge is -2.28. The summed E-state index contributed by atoms with van der Waals surface area (Å²) in [5, 5.41) is 0.371. The van der Waals surface area contributed by atoms with Crippen LogP contribution in [-0.2, 0) is 33.0 Å². The van der Waals surface area contributed by atoms with E-state index >= 15 is 0 Å². The SMILES string of the molecule is Cc1ccc(S(=O)(=O)N2CCc3ccc(NS(=O)(=O)c4ccc(C)c(Cl)c4)cc3C2)cc1. The summed E-state index contributed by atoms with van der Waals surface area (Å²) < 4.78 is 55.7. The molecule has 0 saturated heterocycles. The highest BCUT2D eigenvalue weighted by molar-refractivity contribution is 7.92. The smallest absolute Gasteiger partial charge is 0.261 e. The minimum atomic E-state index is -3.83. The van der Waals surface area contributed by atoms with Crippen molar-refractivity contribution in [1.82, 2.24) is 4.31 Å². The minimum absolute atomic E-state index is 0.0643. The molecular formula is C23H23ClN2O4S2. The average molecular weight is 491 g/mol. The maximum Gasteiger partial charge on any atom is 0.261 e. The first-order chi connectivity index (χ1) is 15.1. The van der Waals surface area contributed by atoms with E-state index in [1.165, 1.54) is 16.4 Å². The van der Waals surface area contributed by atoms with Crippen LogP contribution in [-0.4, -0.2) is 27.7 Å². The first kappa shape index (κ1) is 22.8. The molecule has 1 N–H and O–H groups in total. The number of sulfonamides is 2. The zero-order valence-electron chi connectivity index (χ0n) is 17.7. The molecule has 0 unspecified atom stereocenters. The number of aryl methyl sites for hydroxylation is 2. The maximum absolute atomic E-state index is 13.1. The summed E-state index contributed by atoms with van der Waals surface area (Å²) in [5.41, 5.74) is 3.92.